The van der Waals surface area contributed by atoms with Gasteiger partial charge in [0.05, 0.1) is 32.1 Å². The van der Waals surface area contributed by atoms with Gasteiger partial charge < -0.3 is 9.80 Å². The van der Waals surface area contributed by atoms with Gasteiger partial charge in [-0.05, 0) is 31.4 Å². The summed E-state index contributed by atoms with van der Waals surface area (Å²) in [5, 5.41) is 0. The van der Waals surface area contributed by atoms with E-state index in [0.717, 1.165) is 25.8 Å². The minimum absolute atomic E-state index is 0.296. The molecule has 112 valence electrons. The second kappa shape index (κ2) is 4.84. The minimum atomic E-state index is 0.296. The lowest BCUT2D eigenvalue weighted by atomic mass is 9.83. The molecule has 1 amide bonds. The lowest BCUT2D eigenvalue weighted by molar-refractivity contribution is -0.886. The van der Waals surface area contributed by atoms with Crippen molar-refractivity contribution in [2.24, 2.45) is 5.92 Å². The van der Waals surface area contributed by atoms with Gasteiger partial charge in [0.2, 0.25) is 5.91 Å². The predicted octanol–water partition coefficient (Wildman–Crippen LogP) is 1.51. The van der Waals surface area contributed by atoms with E-state index in [1.807, 2.05) is 0 Å². The normalized spacial score (nSPS) is 31.5. The van der Waals surface area contributed by atoms with Crippen LogP contribution in [0.25, 0.3) is 0 Å². The number of rotatable bonds is 1. The molecule has 2 fully saturated rings. The number of nitrogens with zero attached hydrogens (tertiary/aromatic N) is 1. The molecule has 1 saturated heterocycles. The highest BCUT2D eigenvalue weighted by atomic mass is 16.2. The van der Waals surface area contributed by atoms with Gasteiger partial charge in [-0.3, -0.25) is 4.79 Å². The van der Waals surface area contributed by atoms with Crippen molar-refractivity contribution in [1.29, 1.82) is 0 Å². The average molecular weight is 285 g/mol. The minimum Gasteiger partial charge on any atom is -0.337 e. The summed E-state index contributed by atoms with van der Waals surface area (Å²) in [5.74, 6) is 1.24. The predicted molar refractivity (Wildman–Crippen MR) is 83.8 cm³/mol. The topological polar surface area (TPSA) is 24.8 Å². The van der Waals surface area contributed by atoms with Crippen LogP contribution in [0.4, 0.5) is 5.69 Å². The third kappa shape index (κ3) is 2.02. The Labute approximate surface area is 126 Å². The smallest absolute Gasteiger partial charge is 0.230 e. The molecule has 2 heterocycles. The first-order valence-electron chi connectivity index (χ1n) is 8.40. The van der Waals surface area contributed by atoms with Crippen molar-refractivity contribution in [3.05, 3.63) is 29.3 Å². The Kier molecular flexibility index (Phi) is 3.07. The molecule has 0 aromatic heterocycles. The molecule has 3 heteroatoms. The zero-order valence-electron chi connectivity index (χ0n) is 13.1. The Bertz CT molecular complexity index is 579. The number of amides is 1. The van der Waals surface area contributed by atoms with E-state index >= 15 is 0 Å². The van der Waals surface area contributed by atoms with Gasteiger partial charge in [0.15, 0.2) is 0 Å². The molecule has 1 N–H and O–H groups in total. The Morgan fingerprint density at radius 2 is 2.10 bits per heavy atom. The molecule has 1 aromatic rings. The summed E-state index contributed by atoms with van der Waals surface area (Å²) >= 11 is 0. The monoisotopic (exact) mass is 285 g/mol. The molecule has 1 aromatic carbocycles. The van der Waals surface area contributed by atoms with Crippen molar-refractivity contribution in [2.75, 3.05) is 25.0 Å². The van der Waals surface area contributed by atoms with Crippen LogP contribution in [-0.4, -0.2) is 32.1 Å². The summed E-state index contributed by atoms with van der Waals surface area (Å²) in [5.41, 5.74) is 3.95. The van der Waals surface area contributed by atoms with Gasteiger partial charge in [0.1, 0.15) is 0 Å². The molecule has 1 saturated carbocycles. The van der Waals surface area contributed by atoms with Crippen LogP contribution in [0.3, 0.4) is 0 Å². The van der Waals surface area contributed by atoms with Gasteiger partial charge in [0, 0.05) is 18.0 Å². The van der Waals surface area contributed by atoms with E-state index in [1.165, 1.54) is 29.8 Å². The molecule has 4 rings (SSSR count). The van der Waals surface area contributed by atoms with Crippen LogP contribution in [-0.2, 0) is 4.79 Å². The van der Waals surface area contributed by atoms with Crippen molar-refractivity contribution in [2.45, 2.75) is 44.6 Å². The van der Waals surface area contributed by atoms with E-state index in [4.69, 9.17) is 0 Å². The number of benzene rings is 1. The highest BCUT2D eigenvalue weighted by molar-refractivity contribution is 5.98. The summed E-state index contributed by atoms with van der Waals surface area (Å²) < 4.78 is 0. The zero-order valence-corrected chi connectivity index (χ0v) is 13.1. The highest BCUT2D eigenvalue weighted by Gasteiger charge is 2.47. The average Bonchev–Trinajstić information content (AvgIpc) is 2.70. The maximum absolute atomic E-state index is 12.9. The van der Waals surface area contributed by atoms with E-state index in [0.29, 0.717) is 23.8 Å². The second-order valence-electron chi connectivity index (χ2n) is 7.27. The van der Waals surface area contributed by atoms with Crippen molar-refractivity contribution < 1.29 is 9.69 Å². The molecule has 2 aliphatic heterocycles. The lowest BCUT2D eigenvalue weighted by Crippen LogP contribution is -3.11. The number of aryl methyl sites for hydroxylation is 1. The van der Waals surface area contributed by atoms with Crippen LogP contribution in [0.2, 0.25) is 0 Å². The number of carbonyl (C=O) groups is 1. The number of likely N-dealkylation sites (tertiary alicyclic amines) is 1. The van der Waals surface area contributed by atoms with Crippen LogP contribution in [0.15, 0.2) is 18.2 Å². The van der Waals surface area contributed by atoms with Crippen molar-refractivity contribution in [3.8, 4) is 0 Å². The number of quaternary nitrogens is 1. The standard InChI is InChI=1S/C18H24N2O/c1-12-6-7-16-14(10-12)15-11-19(2)9-8-17(15)20(16)18(21)13-4-3-5-13/h6-7,10,13,15,17H,3-5,8-9,11H2,1-2H3/p+1. The maximum Gasteiger partial charge on any atom is 0.230 e. The quantitative estimate of drug-likeness (QED) is 0.831. The van der Waals surface area contributed by atoms with E-state index in [1.54, 1.807) is 4.90 Å². The van der Waals surface area contributed by atoms with Gasteiger partial charge in [-0.25, -0.2) is 0 Å². The first-order chi connectivity index (χ1) is 10.1. The van der Waals surface area contributed by atoms with Gasteiger partial charge in [-0.1, -0.05) is 24.1 Å². The number of fused-ring (bicyclic) bond motifs is 3. The third-order valence-corrected chi connectivity index (χ3v) is 5.77. The maximum atomic E-state index is 12.9. The SMILES string of the molecule is Cc1ccc2c(c1)C1C[NH+](C)CCC1N2C(=O)C1CCC1. The zero-order chi connectivity index (χ0) is 14.6. The van der Waals surface area contributed by atoms with Crippen LogP contribution in [0.5, 0.6) is 0 Å². The number of hydrogen-bond acceptors (Lipinski definition) is 1. The molecule has 0 bridgehead atoms. The summed E-state index contributed by atoms with van der Waals surface area (Å²) in [6.07, 6.45) is 4.56. The Morgan fingerprint density at radius 3 is 2.81 bits per heavy atom. The number of likely N-dealkylation sites (N-methyl/N-ethyl adjacent to an activating group) is 1. The molecule has 1 aliphatic carbocycles. The molecular formula is C18H25N2O+. The summed E-state index contributed by atoms with van der Waals surface area (Å²) in [4.78, 5) is 16.7. The van der Waals surface area contributed by atoms with Crippen molar-refractivity contribution in [1.82, 2.24) is 0 Å². The number of anilines is 1. The van der Waals surface area contributed by atoms with Crippen molar-refractivity contribution >= 4 is 11.6 Å². The lowest BCUT2D eigenvalue weighted by Gasteiger charge is -2.37. The number of piperidine rings is 1. The molecule has 3 nitrogen and oxygen atoms in total. The van der Waals surface area contributed by atoms with Crippen molar-refractivity contribution in [3.63, 3.8) is 0 Å². The molecule has 21 heavy (non-hydrogen) atoms. The molecule has 0 spiro atoms. The number of carbonyl (C=O) groups excluding carboxylic acids is 1. The number of nitrogens with one attached hydrogen (secondary N) is 1. The summed E-state index contributed by atoms with van der Waals surface area (Å²) in [6, 6.07) is 7.08. The van der Waals surface area contributed by atoms with Crippen LogP contribution in [0, 0.1) is 12.8 Å². The fourth-order valence-corrected chi connectivity index (χ4v) is 4.34. The number of hydrogen-bond donors (Lipinski definition) is 1. The molecule has 3 atom stereocenters. The molecule has 3 aliphatic rings. The van der Waals surface area contributed by atoms with E-state index in [2.05, 4.69) is 37.1 Å². The van der Waals surface area contributed by atoms with Gasteiger partial charge >= 0.3 is 0 Å². The molecule has 0 radical (unpaired) electrons. The van der Waals surface area contributed by atoms with E-state index < -0.39 is 0 Å². The fraction of sp³-hybridized carbons (Fsp3) is 0.611. The molecular weight excluding hydrogens is 260 g/mol. The second-order valence-corrected chi connectivity index (χ2v) is 7.27. The Hall–Kier alpha value is -1.35. The highest BCUT2D eigenvalue weighted by Crippen LogP contribution is 2.45. The molecule has 3 unspecified atom stereocenters. The van der Waals surface area contributed by atoms with E-state index in [-0.39, 0.29) is 0 Å². The first-order valence-corrected chi connectivity index (χ1v) is 8.40. The first kappa shape index (κ1) is 13.3. The van der Waals surface area contributed by atoms with Gasteiger partial charge in [-0.15, -0.1) is 0 Å². The third-order valence-electron chi connectivity index (χ3n) is 5.77. The van der Waals surface area contributed by atoms with Crippen LogP contribution >= 0.6 is 0 Å². The summed E-state index contributed by atoms with van der Waals surface area (Å²) in [7, 11) is 2.28. The summed E-state index contributed by atoms with van der Waals surface area (Å²) in [6.45, 7) is 4.50. The van der Waals surface area contributed by atoms with E-state index in [9.17, 15) is 4.79 Å². The van der Waals surface area contributed by atoms with Crippen LogP contribution in [0.1, 0.15) is 42.7 Å². The fourth-order valence-electron chi connectivity index (χ4n) is 4.34. The van der Waals surface area contributed by atoms with Gasteiger partial charge in [-0.2, -0.15) is 0 Å². The Balaban J connectivity index is 1.74. The Morgan fingerprint density at radius 1 is 1.29 bits per heavy atom. The largest absolute Gasteiger partial charge is 0.337 e. The van der Waals surface area contributed by atoms with Crippen LogP contribution < -0.4 is 9.80 Å². The van der Waals surface area contributed by atoms with Gasteiger partial charge in [0.25, 0.3) is 0 Å².